The number of fused-ring (bicyclic) bond motifs is 1. The summed E-state index contributed by atoms with van der Waals surface area (Å²) in [5.74, 6) is 2.08. The highest BCUT2D eigenvalue weighted by Crippen LogP contribution is 2.10. The third-order valence-corrected chi connectivity index (χ3v) is 1.87. The van der Waals surface area contributed by atoms with Crippen LogP contribution in [0.25, 0.3) is 0 Å². The third-order valence-electron chi connectivity index (χ3n) is 1.87. The Morgan fingerprint density at radius 3 is 3.10 bits per heavy atom. The average molecular weight is 137 g/mol. The minimum absolute atomic E-state index is 0.914. The Kier molecular flexibility index (Phi) is 1.22. The van der Waals surface area contributed by atoms with Gasteiger partial charge in [0.1, 0.15) is 11.6 Å². The highest BCUT2D eigenvalue weighted by atomic mass is 15.3. The van der Waals surface area contributed by atoms with Crippen molar-refractivity contribution in [1.82, 2.24) is 14.8 Å². The van der Waals surface area contributed by atoms with Crippen LogP contribution in [0.15, 0.2) is 0 Å². The van der Waals surface area contributed by atoms with E-state index in [0.29, 0.717) is 0 Å². The lowest BCUT2D eigenvalue weighted by Crippen LogP contribution is -2.11. The first-order chi connectivity index (χ1) is 4.86. The molecule has 2 rings (SSSR count). The maximum Gasteiger partial charge on any atom is 0.147 e. The van der Waals surface area contributed by atoms with E-state index < -0.39 is 0 Å². The van der Waals surface area contributed by atoms with Gasteiger partial charge in [0.15, 0.2) is 0 Å². The standard InChI is InChI=1S/C7H11N3/c1-6-8-7-4-2-3-5-10(7)9-6/h2-5H2,1H3. The van der Waals surface area contributed by atoms with Crippen molar-refractivity contribution in [3.63, 3.8) is 0 Å². The van der Waals surface area contributed by atoms with Crippen molar-refractivity contribution >= 4 is 0 Å². The zero-order valence-electron chi connectivity index (χ0n) is 6.17. The van der Waals surface area contributed by atoms with Crippen LogP contribution in [0.5, 0.6) is 0 Å². The van der Waals surface area contributed by atoms with Gasteiger partial charge in [-0.3, -0.25) is 0 Å². The van der Waals surface area contributed by atoms with E-state index in [0.717, 1.165) is 18.8 Å². The Morgan fingerprint density at radius 2 is 2.30 bits per heavy atom. The molecule has 0 bridgehead atoms. The zero-order valence-corrected chi connectivity index (χ0v) is 6.17. The second-order valence-electron chi connectivity index (χ2n) is 2.76. The molecule has 2 heterocycles. The fraction of sp³-hybridized carbons (Fsp3) is 0.714. The van der Waals surface area contributed by atoms with Gasteiger partial charge >= 0.3 is 0 Å². The fourth-order valence-corrected chi connectivity index (χ4v) is 1.41. The maximum absolute atomic E-state index is 4.30. The molecule has 0 radical (unpaired) electrons. The molecular weight excluding hydrogens is 126 g/mol. The summed E-state index contributed by atoms with van der Waals surface area (Å²) in [5.41, 5.74) is 0. The van der Waals surface area contributed by atoms with E-state index in [2.05, 4.69) is 10.1 Å². The molecule has 0 saturated heterocycles. The number of nitrogens with zero attached hydrogens (tertiary/aromatic N) is 3. The van der Waals surface area contributed by atoms with Gasteiger partial charge in [-0.15, -0.1) is 0 Å². The van der Waals surface area contributed by atoms with Crippen molar-refractivity contribution in [2.24, 2.45) is 0 Å². The van der Waals surface area contributed by atoms with E-state index >= 15 is 0 Å². The van der Waals surface area contributed by atoms with Gasteiger partial charge in [-0.1, -0.05) is 0 Å². The van der Waals surface area contributed by atoms with E-state index in [-0.39, 0.29) is 0 Å². The van der Waals surface area contributed by atoms with E-state index in [1.807, 2.05) is 11.6 Å². The highest BCUT2D eigenvalue weighted by molar-refractivity contribution is 4.93. The second kappa shape index (κ2) is 2.08. The normalized spacial score (nSPS) is 16.9. The summed E-state index contributed by atoms with van der Waals surface area (Å²) in [5, 5.41) is 4.26. The Hall–Kier alpha value is -0.860. The molecule has 1 aliphatic heterocycles. The maximum atomic E-state index is 4.30. The van der Waals surface area contributed by atoms with Crippen LogP contribution >= 0.6 is 0 Å². The molecule has 0 spiro atoms. The van der Waals surface area contributed by atoms with Crippen molar-refractivity contribution in [3.05, 3.63) is 11.6 Å². The van der Waals surface area contributed by atoms with E-state index in [1.165, 1.54) is 18.7 Å². The van der Waals surface area contributed by atoms with Crippen molar-refractivity contribution < 1.29 is 0 Å². The monoisotopic (exact) mass is 137 g/mol. The molecule has 0 aliphatic carbocycles. The van der Waals surface area contributed by atoms with Gasteiger partial charge in [-0.2, -0.15) is 5.10 Å². The van der Waals surface area contributed by atoms with Crippen LogP contribution in [0.4, 0.5) is 0 Å². The van der Waals surface area contributed by atoms with Gasteiger partial charge in [-0.05, 0) is 19.8 Å². The summed E-state index contributed by atoms with van der Waals surface area (Å²) >= 11 is 0. The minimum atomic E-state index is 0.914. The molecule has 10 heavy (non-hydrogen) atoms. The van der Waals surface area contributed by atoms with Crippen molar-refractivity contribution in [3.8, 4) is 0 Å². The lowest BCUT2D eigenvalue weighted by Gasteiger charge is -2.09. The van der Waals surface area contributed by atoms with Gasteiger partial charge < -0.3 is 0 Å². The van der Waals surface area contributed by atoms with Gasteiger partial charge in [0.25, 0.3) is 0 Å². The number of hydrogen-bond donors (Lipinski definition) is 0. The third kappa shape index (κ3) is 0.818. The van der Waals surface area contributed by atoms with Crippen LogP contribution in [0.3, 0.4) is 0 Å². The highest BCUT2D eigenvalue weighted by Gasteiger charge is 2.10. The number of aryl methyl sites for hydroxylation is 3. The summed E-state index contributed by atoms with van der Waals surface area (Å²) in [6, 6.07) is 0. The van der Waals surface area contributed by atoms with E-state index in [9.17, 15) is 0 Å². The quantitative estimate of drug-likeness (QED) is 0.532. The topological polar surface area (TPSA) is 30.7 Å². The van der Waals surface area contributed by atoms with Gasteiger partial charge in [0, 0.05) is 13.0 Å². The van der Waals surface area contributed by atoms with Gasteiger partial charge in [-0.25, -0.2) is 9.67 Å². The van der Waals surface area contributed by atoms with Crippen LogP contribution in [0.1, 0.15) is 24.5 Å². The zero-order chi connectivity index (χ0) is 6.97. The largest absolute Gasteiger partial charge is 0.250 e. The molecule has 0 atom stereocenters. The molecule has 0 unspecified atom stereocenters. The Morgan fingerprint density at radius 1 is 1.40 bits per heavy atom. The first-order valence-electron chi connectivity index (χ1n) is 3.76. The first kappa shape index (κ1) is 5.89. The molecule has 0 saturated carbocycles. The molecule has 1 aliphatic rings. The average Bonchev–Trinajstić information content (AvgIpc) is 2.27. The smallest absolute Gasteiger partial charge is 0.147 e. The Labute approximate surface area is 60.1 Å². The summed E-state index contributed by atoms with van der Waals surface area (Å²) < 4.78 is 2.03. The molecule has 54 valence electrons. The predicted molar refractivity (Wildman–Crippen MR) is 37.7 cm³/mol. The summed E-state index contributed by atoms with van der Waals surface area (Å²) in [6.07, 6.45) is 3.65. The minimum Gasteiger partial charge on any atom is -0.250 e. The molecular formula is C7H11N3. The molecule has 1 aromatic rings. The van der Waals surface area contributed by atoms with Crippen LogP contribution in [-0.2, 0) is 13.0 Å². The van der Waals surface area contributed by atoms with Crippen molar-refractivity contribution in [2.75, 3.05) is 0 Å². The summed E-state index contributed by atoms with van der Waals surface area (Å²) in [7, 11) is 0. The number of aromatic nitrogens is 3. The predicted octanol–water partition coefficient (Wildman–Crippen LogP) is 0.923. The van der Waals surface area contributed by atoms with Gasteiger partial charge in [0.2, 0.25) is 0 Å². The van der Waals surface area contributed by atoms with Crippen LogP contribution in [-0.4, -0.2) is 14.8 Å². The van der Waals surface area contributed by atoms with Gasteiger partial charge in [0.05, 0.1) is 0 Å². The summed E-state index contributed by atoms with van der Waals surface area (Å²) in [4.78, 5) is 4.30. The fourth-order valence-electron chi connectivity index (χ4n) is 1.41. The van der Waals surface area contributed by atoms with Crippen LogP contribution in [0, 0.1) is 6.92 Å². The lowest BCUT2D eigenvalue weighted by atomic mass is 10.2. The molecule has 0 N–H and O–H groups in total. The second-order valence-corrected chi connectivity index (χ2v) is 2.76. The Balaban J connectivity index is 2.41. The number of hydrogen-bond acceptors (Lipinski definition) is 2. The molecule has 0 amide bonds. The van der Waals surface area contributed by atoms with Crippen LogP contribution in [0.2, 0.25) is 0 Å². The molecule has 3 nitrogen and oxygen atoms in total. The van der Waals surface area contributed by atoms with Crippen molar-refractivity contribution in [2.45, 2.75) is 32.7 Å². The van der Waals surface area contributed by atoms with Crippen LogP contribution < -0.4 is 0 Å². The first-order valence-corrected chi connectivity index (χ1v) is 3.76. The lowest BCUT2D eigenvalue weighted by molar-refractivity contribution is 0.479. The Bertz CT molecular complexity index is 215. The van der Waals surface area contributed by atoms with E-state index in [1.54, 1.807) is 0 Å². The SMILES string of the molecule is Cc1nc2n(n1)CCCC2. The van der Waals surface area contributed by atoms with E-state index in [4.69, 9.17) is 0 Å². The molecule has 1 aromatic heterocycles. The van der Waals surface area contributed by atoms with Crippen molar-refractivity contribution in [1.29, 1.82) is 0 Å². The molecule has 0 fully saturated rings. The number of rotatable bonds is 0. The molecule has 3 heteroatoms. The molecule has 0 aromatic carbocycles. The summed E-state index contributed by atoms with van der Waals surface area (Å²) in [6.45, 7) is 3.02.